The minimum Gasteiger partial charge on any atom is -0.332 e. The van der Waals surface area contributed by atoms with Crippen LogP contribution in [-0.2, 0) is 0 Å². The third-order valence-electron chi connectivity index (χ3n) is 4.26. The number of likely N-dealkylation sites (tertiary alicyclic amines) is 1. The Kier molecular flexibility index (Phi) is 3.90. The second-order valence-electron chi connectivity index (χ2n) is 5.93. The predicted molar refractivity (Wildman–Crippen MR) is 73.0 cm³/mol. The summed E-state index contributed by atoms with van der Waals surface area (Å²) in [6.07, 6.45) is -4.45. The molecule has 0 aliphatic carbocycles. The van der Waals surface area contributed by atoms with Crippen molar-refractivity contribution >= 4 is 5.91 Å². The Bertz CT molecular complexity index is 646. The molecule has 1 aromatic rings. The molecule has 22 heavy (non-hydrogen) atoms. The van der Waals surface area contributed by atoms with E-state index in [1.54, 1.807) is 6.92 Å². The molecule has 2 rings (SSSR count). The van der Waals surface area contributed by atoms with Crippen molar-refractivity contribution in [2.75, 3.05) is 6.54 Å². The van der Waals surface area contributed by atoms with E-state index in [2.05, 4.69) is 4.98 Å². The maximum atomic E-state index is 13.1. The van der Waals surface area contributed by atoms with Gasteiger partial charge in [-0.3, -0.25) is 4.79 Å². The fraction of sp³-hybridized carbons (Fsp3) is 0.533. The van der Waals surface area contributed by atoms with E-state index >= 15 is 0 Å². The summed E-state index contributed by atoms with van der Waals surface area (Å²) in [6.45, 7) is 4.47. The van der Waals surface area contributed by atoms with Gasteiger partial charge in [-0.2, -0.15) is 18.4 Å². The average molecular weight is 311 g/mol. The molecular weight excluding hydrogens is 295 g/mol. The summed E-state index contributed by atoms with van der Waals surface area (Å²) < 4.78 is 39.2. The standard InChI is InChI=1S/C15H16F3N3O/c1-9-10(8-19)4-5-11(20-9)13(22)21-7-6-12(14(21,2)3)15(16,17)18/h4-5,12H,6-7H2,1-3H3. The van der Waals surface area contributed by atoms with Crippen LogP contribution in [0.4, 0.5) is 13.2 Å². The lowest BCUT2D eigenvalue weighted by Gasteiger charge is -2.36. The van der Waals surface area contributed by atoms with Gasteiger partial charge in [-0.05, 0) is 39.3 Å². The van der Waals surface area contributed by atoms with Crippen LogP contribution in [0.1, 0.15) is 42.0 Å². The van der Waals surface area contributed by atoms with E-state index in [1.807, 2.05) is 6.07 Å². The molecule has 0 radical (unpaired) electrons. The van der Waals surface area contributed by atoms with Crippen LogP contribution in [0.25, 0.3) is 0 Å². The van der Waals surface area contributed by atoms with Crippen LogP contribution in [0.15, 0.2) is 12.1 Å². The largest absolute Gasteiger partial charge is 0.394 e. The number of aromatic nitrogens is 1. The first-order chi connectivity index (χ1) is 10.1. The molecule has 1 aromatic heterocycles. The minimum absolute atomic E-state index is 0.0384. The van der Waals surface area contributed by atoms with E-state index in [1.165, 1.54) is 30.9 Å². The number of nitriles is 1. The number of pyridine rings is 1. The molecule has 1 aliphatic rings. The van der Waals surface area contributed by atoms with Crippen molar-refractivity contribution in [1.29, 1.82) is 5.26 Å². The van der Waals surface area contributed by atoms with Gasteiger partial charge >= 0.3 is 6.18 Å². The lowest BCUT2D eigenvalue weighted by molar-refractivity contribution is -0.189. The maximum Gasteiger partial charge on any atom is 0.394 e. The van der Waals surface area contributed by atoms with Gasteiger partial charge in [-0.25, -0.2) is 4.98 Å². The summed E-state index contributed by atoms with van der Waals surface area (Å²) in [4.78, 5) is 17.8. The number of hydrogen-bond acceptors (Lipinski definition) is 3. The fourth-order valence-electron chi connectivity index (χ4n) is 2.95. The normalized spacial score (nSPS) is 20.8. The molecule has 1 amide bonds. The first-order valence-corrected chi connectivity index (χ1v) is 6.85. The second kappa shape index (κ2) is 5.27. The summed E-state index contributed by atoms with van der Waals surface area (Å²) >= 11 is 0. The molecule has 1 fully saturated rings. The third kappa shape index (κ3) is 2.65. The van der Waals surface area contributed by atoms with Crippen LogP contribution in [-0.4, -0.2) is 34.1 Å². The summed E-state index contributed by atoms with van der Waals surface area (Å²) in [6, 6.07) is 4.78. The first-order valence-electron chi connectivity index (χ1n) is 6.85. The monoisotopic (exact) mass is 311 g/mol. The van der Waals surface area contributed by atoms with Crippen LogP contribution in [0.5, 0.6) is 0 Å². The zero-order chi connectivity index (χ0) is 16.7. The van der Waals surface area contributed by atoms with Gasteiger partial charge in [0.25, 0.3) is 5.91 Å². The molecule has 0 aromatic carbocycles. The molecule has 0 bridgehead atoms. The highest BCUT2D eigenvalue weighted by atomic mass is 19.4. The van der Waals surface area contributed by atoms with E-state index < -0.39 is 23.5 Å². The van der Waals surface area contributed by atoms with Crippen molar-refractivity contribution in [3.8, 4) is 6.07 Å². The SMILES string of the molecule is Cc1nc(C(=O)N2CCC(C(F)(F)F)C2(C)C)ccc1C#N. The Hall–Kier alpha value is -2.10. The van der Waals surface area contributed by atoms with Gasteiger partial charge in [0.15, 0.2) is 0 Å². The minimum atomic E-state index is -4.34. The van der Waals surface area contributed by atoms with Gasteiger partial charge in [0.1, 0.15) is 11.8 Å². The predicted octanol–water partition coefficient (Wildman–Crippen LogP) is 3.06. The number of carbonyl (C=O) groups excluding carboxylic acids is 1. The van der Waals surface area contributed by atoms with Crippen molar-refractivity contribution in [1.82, 2.24) is 9.88 Å². The molecule has 1 unspecified atom stereocenters. The van der Waals surface area contributed by atoms with Crippen LogP contribution in [0.2, 0.25) is 0 Å². The molecule has 2 heterocycles. The quantitative estimate of drug-likeness (QED) is 0.801. The van der Waals surface area contributed by atoms with Gasteiger partial charge in [0.2, 0.25) is 0 Å². The fourth-order valence-corrected chi connectivity index (χ4v) is 2.95. The Balaban J connectivity index is 2.31. The molecule has 4 nitrogen and oxygen atoms in total. The number of carbonyl (C=O) groups is 1. The van der Waals surface area contributed by atoms with Crippen LogP contribution < -0.4 is 0 Å². The molecule has 7 heteroatoms. The number of rotatable bonds is 1. The average Bonchev–Trinajstić information content (AvgIpc) is 2.72. The highest BCUT2D eigenvalue weighted by Gasteiger charge is 2.56. The number of amides is 1. The highest BCUT2D eigenvalue weighted by Crippen LogP contribution is 2.45. The molecule has 0 saturated carbocycles. The van der Waals surface area contributed by atoms with Gasteiger partial charge in [-0.15, -0.1) is 0 Å². The van der Waals surface area contributed by atoms with Crippen LogP contribution in [0.3, 0.4) is 0 Å². The van der Waals surface area contributed by atoms with Gasteiger partial charge in [0.05, 0.1) is 17.2 Å². The second-order valence-corrected chi connectivity index (χ2v) is 5.93. The lowest BCUT2D eigenvalue weighted by Crippen LogP contribution is -2.49. The van der Waals surface area contributed by atoms with Gasteiger partial charge in [0, 0.05) is 12.1 Å². The highest BCUT2D eigenvalue weighted by molar-refractivity contribution is 5.93. The number of aryl methyl sites for hydroxylation is 1. The summed E-state index contributed by atoms with van der Waals surface area (Å²) in [5.74, 6) is -2.09. The molecule has 118 valence electrons. The first kappa shape index (κ1) is 16.3. The molecule has 1 aliphatic heterocycles. The van der Waals surface area contributed by atoms with Crippen molar-refractivity contribution in [2.24, 2.45) is 5.92 Å². The van der Waals surface area contributed by atoms with E-state index in [-0.39, 0.29) is 18.7 Å². The third-order valence-corrected chi connectivity index (χ3v) is 4.26. The lowest BCUT2D eigenvalue weighted by atomic mass is 9.87. The van der Waals surface area contributed by atoms with Crippen molar-refractivity contribution in [3.63, 3.8) is 0 Å². The number of hydrogen-bond donors (Lipinski definition) is 0. The maximum absolute atomic E-state index is 13.1. The van der Waals surface area contributed by atoms with Gasteiger partial charge < -0.3 is 4.90 Å². The Morgan fingerprint density at radius 2 is 2.09 bits per heavy atom. The Morgan fingerprint density at radius 3 is 2.55 bits per heavy atom. The van der Waals surface area contributed by atoms with Crippen molar-refractivity contribution in [2.45, 2.75) is 38.9 Å². The summed E-state index contributed by atoms with van der Waals surface area (Å²) in [5, 5.41) is 8.86. The van der Waals surface area contributed by atoms with Gasteiger partial charge in [-0.1, -0.05) is 0 Å². The molecule has 0 spiro atoms. The molecule has 1 atom stereocenters. The smallest absolute Gasteiger partial charge is 0.332 e. The summed E-state index contributed by atoms with van der Waals surface area (Å²) in [7, 11) is 0. The Morgan fingerprint density at radius 1 is 1.45 bits per heavy atom. The van der Waals surface area contributed by atoms with Crippen LogP contribution >= 0.6 is 0 Å². The zero-order valence-corrected chi connectivity index (χ0v) is 12.5. The van der Waals surface area contributed by atoms with Crippen molar-refractivity contribution < 1.29 is 18.0 Å². The van der Waals surface area contributed by atoms with Crippen molar-refractivity contribution in [3.05, 3.63) is 29.1 Å². The summed E-state index contributed by atoms with van der Waals surface area (Å²) in [5.41, 5.74) is -0.533. The Labute approximate surface area is 126 Å². The van der Waals surface area contributed by atoms with E-state index in [9.17, 15) is 18.0 Å². The molecular formula is C15H16F3N3O. The van der Waals surface area contributed by atoms with E-state index in [0.717, 1.165) is 0 Å². The number of halogens is 3. The molecule has 0 N–H and O–H groups in total. The van der Waals surface area contributed by atoms with E-state index in [0.29, 0.717) is 11.3 Å². The number of alkyl halides is 3. The number of nitrogens with zero attached hydrogens (tertiary/aromatic N) is 3. The van der Waals surface area contributed by atoms with E-state index in [4.69, 9.17) is 5.26 Å². The van der Waals surface area contributed by atoms with Crippen LogP contribution in [0, 0.1) is 24.2 Å². The zero-order valence-electron chi connectivity index (χ0n) is 12.5. The topological polar surface area (TPSA) is 57.0 Å². The molecule has 1 saturated heterocycles.